The third kappa shape index (κ3) is 3.36. The van der Waals surface area contributed by atoms with Crippen LogP contribution >= 0.6 is 11.6 Å². The van der Waals surface area contributed by atoms with Gasteiger partial charge in [-0.3, -0.25) is 0 Å². The molecule has 4 heteroatoms. The Morgan fingerprint density at radius 3 is 3.06 bits per heavy atom. The smallest absolute Gasteiger partial charge is 0.128 e. The van der Waals surface area contributed by atoms with E-state index in [9.17, 15) is 0 Å². The van der Waals surface area contributed by atoms with Crippen LogP contribution in [0.1, 0.15) is 32.4 Å². The van der Waals surface area contributed by atoms with E-state index in [0.717, 1.165) is 48.6 Å². The highest BCUT2D eigenvalue weighted by Gasteiger charge is 2.18. The SMILES string of the molecule is CCNCc1nc(N2CCCC(C)C2)ccc1Cl. The van der Waals surface area contributed by atoms with Gasteiger partial charge in [0, 0.05) is 19.6 Å². The van der Waals surface area contributed by atoms with Crippen molar-refractivity contribution in [2.75, 3.05) is 24.5 Å². The van der Waals surface area contributed by atoms with Crippen molar-refractivity contribution >= 4 is 17.4 Å². The minimum Gasteiger partial charge on any atom is -0.356 e. The summed E-state index contributed by atoms with van der Waals surface area (Å²) in [5, 5.41) is 4.03. The zero-order valence-electron chi connectivity index (χ0n) is 11.2. The van der Waals surface area contributed by atoms with Crippen molar-refractivity contribution in [1.82, 2.24) is 10.3 Å². The van der Waals surface area contributed by atoms with Crippen LogP contribution in [0.2, 0.25) is 5.02 Å². The standard InChI is InChI=1S/C14H22ClN3/c1-3-16-9-13-12(15)6-7-14(17-13)18-8-4-5-11(2)10-18/h6-7,11,16H,3-5,8-10H2,1-2H3. The Morgan fingerprint density at radius 1 is 1.50 bits per heavy atom. The van der Waals surface area contributed by atoms with Crippen LogP contribution in [0.15, 0.2) is 12.1 Å². The van der Waals surface area contributed by atoms with Gasteiger partial charge >= 0.3 is 0 Å². The Kier molecular flexibility index (Phi) is 4.84. The minimum atomic E-state index is 0.743. The van der Waals surface area contributed by atoms with Crippen molar-refractivity contribution in [1.29, 1.82) is 0 Å². The fraction of sp³-hybridized carbons (Fsp3) is 0.643. The number of hydrogen-bond donors (Lipinski definition) is 1. The maximum absolute atomic E-state index is 6.18. The molecule has 1 atom stereocenters. The van der Waals surface area contributed by atoms with Gasteiger partial charge < -0.3 is 10.2 Å². The molecule has 0 aliphatic carbocycles. The molecule has 1 aliphatic heterocycles. The Bertz CT molecular complexity index is 395. The number of nitrogens with zero attached hydrogens (tertiary/aromatic N) is 2. The van der Waals surface area contributed by atoms with Gasteiger partial charge in [0.15, 0.2) is 0 Å². The molecule has 1 aromatic heterocycles. The van der Waals surface area contributed by atoms with E-state index in [0.29, 0.717) is 0 Å². The second-order valence-electron chi connectivity index (χ2n) is 5.07. The molecule has 0 bridgehead atoms. The molecule has 0 spiro atoms. The number of hydrogen-bond acceptors (Lipinski definition) is 3. The number of aromatic nitrogens is 1. The first kappa shape index (κ1) is 13.6. The van der Waals surface area contributed by atoms with Crippen molar-refractivity contribution in [2.24, 2.45) is 5.92 Å². The summed E-state index contributed by atoms with van der Waals surface area (Å²) >= 11 is 6.18. The molecule has 0 amide bonds. The van der Waals surface area contributed by atoms with E-state index in [2.05, 4.69) is 24.1 Å². The number of piperidine rings is 1. The quantitative estimate of drug-likeness (QED) is 0.909. The van der Waals surface area contributed by atoms with Gasteiger partial charge in [-0.1, -0.05) is 25.4 Å². The van der Waals surface area contributed by atoms with Gasteiger partial charge in [-0.25, -0.2) is 4.98 Å². The van der Waals surface area contributed by atoms with Gasteiger partial charge in [0.2, 0.25) is 0 Å². The van der Waals surface area contributed by atoms with Crippen molar-refractivity contribution < 1.29 is 0 Å². The largest absolute Gasteiger partial charge is 0.356 e. The topological polar surface area (TPSA) is 28.2 Å². The molecule has 100 valence electrons. The van der Waals surface area contributed by atoms with Gasteiger partial charge in [0.25, 0.3) is 0 Å². The molecule has 1 unspecified atom stereocenters. The summed E-state index contributed by atoms with van der Waals surface area (Å²) < 4.78 is 0. The minimum absolute atomic E-state index is 0.743. The molecule has 1 saturated heterocycles. The molecule has 1 aliphatic rings. The first-order valence-electron chi connectivity index (χ1n) is 6.81. The van der Waals surface area contributed by atoms with Crippen LogP contribution in [0.25, 0.3) is 0 Å². The molecule has 18 heavy (non-hydrogen) atoms. The first-order valence-corrected chi connectivity index (χ1v) is 7.19. The maximum atomic E-state index is 6.18. The Hall–Kier alpha value is -0.800. The predicted molar refractivity (Wildman–Crippen MR) is 77.2 cm³/mol. The van der Waals surface area contributed by atoms with E-state index in [1.165, 1.54) is 12.8 Å². The highest BCUT2D eigenvalue weighted by molar-refractivity contribution is 6.31. The zero-order chi connectivity index (χ0) is 13.0. The number of rotatable bonds is 4. The lowest BCUT2D eigenvalue weighted by atomic mass is 10.0. The first-order chi connectivity index (χ1) is 8.70. The second kappa shape index (κ2) is 6.39. The lowest BCUT2D eigenvalue weighted by molar-refractivity contribution is 0.444. The van der Waals surface area contributed by atoms with E-state index in [4.69, 9.17) is 16.6 Å². The molecule has 1 fully saturated rings. The van der Waals surface area contributed by atoms with Crippen molar-refractivity contribution in [2.45, 2.75) is 33.2 Å². The summed E-state index contributed by atoms with van der Waals surface area (Å²) in [6.45, 7) is 8.29. The summed E-state index contributed by atoms with van der Waals surface area (Å²) in [6.07, 6.45) is 2.59. The van der Waals surface area contributed by atoms with Gasteiger partial charge in [-0.2, -0.15) is 0 Å². The van der Waals surface area contributed by atoms with Gasteiger partial charge in [0.05, 0.1) is 10.7 Å². The van der Waals surface area contributed by atoms with E-state index in [-0.39, 0.29) is 0 Å². The Morgan fingerprint density at radius 2 is 2.33 bits per heavy atom. The van der Waals surface area contributed by atoms with E-state index in [1.54, 1.807) is 0 Å². The Labute approximate surface area is 115 Å². The highest BCUT2D eigenvalue weighted by Crippen LogP contribution is 2.24. The average Bonchev–Trinajstić information content (AvgIpc) is 2.38. The molecule has 0 saturated carbocycles. The zero-order valence-corrected chi connectivity index (χ0v) is 12.0. The lowest BCUT2D eigenvalue weighted by Gasteiger charge is -2.32. The van der Waals surface area contributed by atoms with E-state index in [1.807, 2.05) is 12.1 Å². The van der Waals surface area contributed by atoms with Crippen LogP contribution in [0.3, 0.4) is 0 Å². The fourth-order valence-electron chi connectivity index (χ4n) is 2.41. The maximum Gasteiger partial charge on any atom is 0.128 e. The monoisotopic (exact) mass is 267 g/mol. The van der Waals surface area contributed by atoms with Gasteiger partial charge in [0.1, 0.15) is 5.82 Å². The summed E-state index contributed by atoms with van der Waals surface area (Å²) in [7, 11) is 0. The summed E-state index contributed by atoms with van der Waals surface area (Å²) in [6, 6.07) is 4.01. The number of anilines is 1. The third-order valence-electron chi connectivity index (χ3n) is 3.43. The average molecular weight is 268 g/mol. The van der Waals surface area contributed by atoms with Crippen LogP contribution in [-0.4, -0.2) is 24.6 Å². The summed E-state index contributed by atoms with van der Waals surface area (Å²) in [5.74, 6) is 1.83. The van der Waals surface area contributed by atoms with Gasteiger partial charge in [-0.15, -0.1) is 0 Å². The molecular formula is C14H22ClN3. The Balaban J connectivity index is 2.12. The van der Waals surface area contributed by atoms with Crippen LogP contribution in [0, 0.1) is 5.92 Å². The van der Waals surface area contributed by atoms with E-state index >= 15 is 0 Å². The van der Waals surface area contributed by atoms with Crippen LogP contribution in [0.5, 0.6) is 0 Å². The molecule has 2 rings (SSSR count). The number of halogens is 1. The predicted octanol–water partition coefficient (Wildman–Crippen LogP) is 3.08. The van der Waals surface area contributed by atoms with Crippen LogP contribution < -0.4 is 10.2 Å². The summed E-state index contributed by atoms with van der Waals surface area (Å²) in [4.78, 5) is 7.07. The number of nitrogens with one attached hydrogen (secondary N) is 1. The number of pyridine rings is 1. The third-order valence-corrected chi connectivity index (χ3v) is 3.77. The van der Waals surface area contributed by atoms with Crippen LogP contribution in [0.4, 0.5) is 5.82 Å². The molecule has 1 aromatic rings. The molecular weight excluding hydrogens is 246 g/mol. The van der Waals surface area contributed by atoms with Crippen molar-refractivity contribution in [3.8, 4) is 0 Å². The second-order valence-corrected chi connectivity index (χ2v) is 5.48. The highest BCUT2D eigenvalue weighted by atomic mass is 35.5. The summed E-state index contributed by atoms with van der Waals surface area (Å²) in [5.41, 5.74) is 0.953. The van der Waals surface area contributed by atoms with Gasteiger partial charge in [-0.05, 0) is 37.4 Å². The molecule has 2 heterocycles. The normalized spacial score (nSPS) is 20.2. The fourth-order valence-corrected chi connectivity index (χ4v) is 2.59. The van der Waals surface area contributed by atoms with E-state index < -0.39 is 0 Å². The molecule has 0 radical (unpaired) electrons. The van der Waals surface area contributed by atoms with Crippen molar-refractivity contribution in [3.05, 3.63) is 22.8 Å². The van der Waals surface area contributed by atoms with Crippen molar-refractivity contribution in [3.63, 3.8) is 0 Å². The molecule has 0 aromatic carbocycles. The lowest BCUT2D eigenvalue weighted by Crippen LogP contribution is -2.35. The molecule has 3 nitrogen and oxygen atoms in total. The van der Waals surface area contributed by atoms with Crippen LogP contribution in [-0.2, 0) is 6.54 Å². The molecule has 1 N–H and O–H groups in total.